The quantitative estimate of drug-likeness (QED) is 0.659. The molecule has 2 rings (SSSR count). The van der Waals surface area contributed by atoms with Gasteiger partial charge in [0.2, 0.25) is 5.78 Å². The molecule has 2 aromatic heterocycles. The lowest BCUT2D eigenvalue weighted by atomic mass is 10.6. The van der Waals surface area contributed by atoms with E-state index in [2.05, 4.69) is 9.97 Å². The van der Waals surface area contributed by atoms with Gasteiger partial charge < -0.3 is 10.5 Å². The number of imidazole rings is 1. The number of fused-ring (bicyclic) bond motifs is 1. The zero-order valence-electron chi connectivity index (χ0n) is 6.56. The Balaban J connectivity index is 2.71. The molecule has 0 bridgehead atoms. The fourth-order valence-electron chi connectivity index (χ4n) is 0.979. The first kappa shape index (κ1) is 6.90. The Morgan fingerprint density at radius 3 is 2.92 bits per heavy atom. The van der Waals surface area contributed by atoms with Crippen LogP contribution >= 0.6 is 0 Å². The van der Waals surface area contributed by atoms with Gasteiger partial charge in [-0.3, -0.25) is 4.40 Å². The molecular formula is C7H8N4O. The number of anilines is 1. The van der Waals surface area contributed by atoms with Crippen LogP contribution in [0.4, 0.5) is 5.82 Å². The molecule has 0 spiro atoms. The zero-order chi connectivity index (χ0) is 8.55. The molecule has 0 saturated carbocycles. The van der Waals surface area contributed by atoms with E-state index in [0.29, 0.717) is 17.3 Å². The number of ether oxygens (including phenoxy) is 1. The fourth-order valence-corrected chi connectivity index (χ4v) is 0.979. The summed E-state index contributed by atoms with van der Waals surface area (Å²) in [6.45, 7) is 0. The molecule has 2 heterocycles. The van der Waals surface area contributed by atoms with Gasteiger partial charge in [0.05, 0.1) is 25.7 Å². The zero-order valence-corrected chi connectivity index (χ0v) is 6.56. The monoisotopic (exact) mass is 164 g/mol. The normalized spacial score (nSPS) is 10.4. The van der Waals surface area contributed by atoms with Crippen molar-refractivity contribution in [1.29, 1.82) is 0 Å². The Hall–Kier alpha value is -1.78. The molecule has 0 fully saturated rings. The van der Waals surface area contributed by atoms with Crippen LogP contribution in [0.1, 0.15) is 0 Å². The van der Waals surface area contributed by atoms with Crippen molar-refractivity contribution in [2.24, 2.45) is 0 Å². The van der Waals surface area contributed by atoms with Crippen LogP contribution in [0, 0.1) is 0 Å². The summed E-state index contributed by atoms with van der Waals surface area (Å²) < 4.78 is 6.65. The maximum Gasteiger partial charge on any atom is 0.235 e. The molecule has 0 aliphatic heterocycles. The molecular weight excluding hydrogens is 156 g/mol. The Bertz CT molecular complexity index is 409. The molecule has 12 heavy (non-hydrogen) atoms. The van der Waals surface area contributed by atoms with E-state index in [9.17, 15) is 0 Å². The van der Waals surface area contributed by atoms with Crippen molar-refractivity contribution in [3.05, 3.63) is 18.6 Å². The summed E-state index contributed by atoms with van der Waals surface area (Å²) in [7, 11) is 1.58. The summed E-state index contributed by atoms with van der Waals surface area (Å²) in [5.41, 5.74) is 5.60. The highest BCUT2D eigenvalue weighted by Crippen LogP contribution is 2.11. The van der Waals surface area contributed by atoms with Crippen molar-refractivity contribution in [3.8, 4) is 5.75 Å². The first-order valence-corrected chi connectivity index (χ1v) is 3.44. The highest BCUT2D eigenvalue weighted by Gasteiger charge is 2.00. The lowest BCUT2D eigenvalue weighted by Gasteiger charge is -1.99. The Morgan fingerprint density at radius 1 is 1.42 bits per heavy atom. The fraction of sp³-hybridized carbons (Fsp3) is 0.143. The lowest BCUT2D eigenvalue weighted by molar-refractivity contribution is 0.410. The Kier molecular flexibility index (Phi) is 1.36. The molecule has 5 nitrogen and oxygen atoms in total. The molecule has 2 aromatic rings. The van der Waals surface area contributed by atoms with Crippen molar-refractivity contribution in [1.82, 2.24) is 14.4 Å². The third kappa shape index (κ3) is 0.868. The van der Waals surface area contributed by atoms with E-state index in [1.807, 2.05) is 0 Å². The molecule has 0 radical (unpaired) electrons. The van der Waals surface area contributed by atoms with Crippen LogP contribution in [-0.4, -0.2) is 21.5 Å². The summed E-state index contributed by atoms with van der Waals surface area (Å²) in [5, 5.41) is 0. The second-order valence-corrected chi connectivity index (χ2v) is 2.35. The standard InChI is InChI=1S/C7H8N4O/c1-12-5-2-9-7-10-3-6(8)11(7)4-5/h2-4H,8H2,1H3. The van der Waals surface area contributed by atoms with Gasteiger partial charge in [0.1, 0.15) is 5.82 Å². The number of nitrogen functional groups attached to an aromatic ring is 1. The van der Waals surface area contributed by atoms with E-state index >= 15 is 0 Å². The summed E-state index contributed by atoms with van der Waals surface area (Å²) in [4.78, 5) is 7.98. The summed E-state index contributed by atoms with van der Waals surface area (Å²) in [5.74, 6) is 1.79. The average molecular weight is 164 g/mol. The number of hydrogen-bond donors (Lipinski definition) is 1. The van der Waals surface area contributed by atoms with Gasteiger partial charge in [0, 0.05) is 0 Å². The molecule has 0 aliphatic rings. The van der Waals surface area contributed by atoms with E-state index in [0.717, 1.165) is 0 Å². The predicted octanol–water partition coefficient (Wildman–Crippen LogP) is 0.320. The van der Waals surface area contributed by atoms with Crippen molar-refractivity contribution in [2.75, 3.05) is 12.8 Å². The minimum Gasteiger partial charge on any atom is -0.494 e. The number of methoxy groups -OCH3 is 1. The second kappa shape index (κ2) is 2.37. The molecule has 0 aliphatic carbocycles. The minimum absolute atomic E-state index is 0.552. The SMILES string of the molecule is COc1cnc2ncc(N)n2c1. The number of hydrogen-bond acceptors (Lipinski definition) is 4. The molecule has 5 heteroatoms. The molecule has 0 atom stereocenters. The van der Waals surface area contributed by atoms with Crippen molar-refractivity contribution >= 4 is 11.6 Å². The number of nitrogens with two attached hydrogens (primary N) is 1. The first-order valence-electron chi connectivity index (χ1n) is 3.44. The van der Waals surface area contributed by atoms with E-state index in [4.69, 9.17) is 10.5 Å². The van der Waals surface area contributed by atoms with E-state index in [1.54, 1.807) is 30.1 Å². The van der Waals surface area contributed by atoms with Crippen LogP contribution in [-0.2, 0) is 0 Å². The topological polar surface area (TPSA) is 65.4 Å². The lowest BCUT2D eigenvalue weighted by Crippen LogP contribution is -1.95. The van der Waals surface area contributed by atoms with Crippen LogP contribution in [0.2, 0.25) is 0 Å². The van der Waals surface area contributed by atoms with Crippen molar-refractivity contribution in [3.63, 3.8) is 0 Å². The number of rotatable bonds is 1. The van der Waals surface area contributed by atoms with E-state index < -0.39 is 0 Å². The van der Waals surface area contributed by atoms with Gasteiger partial charge in [0.25, 0.3) is 0 Å². The van der Waals surface area contributed by atoms with Gasteiger partial charge in [-0.2, -0.15) is 0 Å². The second-order valence-electron chi connectivity index (χ2n) is 2.35. The van der Waals surface area contributed by atoms with Gasteiger partial charge in [-0.1, -0.05) is 0 Å². The Morgan fingerprint density at radius 2 is 2.17 bits per heavy atom. The van der Waals surface area contributed by atoms with Gasteiger partial charge in [-0.15, -0.1) is 0 Å². The highest BCUT2D eigenvalue weighted by atomic mass is 16.5. The minimum atomic E-state index is 0.552. The molecule has 0 unspecified atom stereocenters. The maximum atomic E-state index is 5.60. The van der Waals surface area contributed by atoms with Crippen LogP contribution in [0.25, 0.3) is 5.78 Å². The first-order chi connectivity index (χ1) is 5.81. The molecule has 62 valence electrons. The van der Waals surface area contributed by atoms with Crippen LogP contribution in [0.3, 0.4) is 0 Å². The van der Waals surface area contributed by atoms with Crippen LogP contribution in [0.5, 0.6) is 5.75 Å². The Labute approximate surface area is 68.8 Å². The third-order valence-electron chi connectivity index (χ3n) is 1.61. The summed E-state index contributed by atoms with van der Waals surface area (Å²) >= 11 is 0. The predicted molar refractivity (Wildman–Crippen MR) is 44.0 cm³/mol. The van der Waals surface area contributed by atoms with E-state index in [-0.39, 0.29) is 0 Å². The maximum absolute atomic E-state index is 5.60. The van der Waals surface area contributed by atoms with Gasteiger partial charge in [-0.25, -0.2) is 9.97 Å². The van der Waals surface area contributed by atoms with Gasteiger partial charge >= 0.3 is 0 Å². The molecule has 2 N–H and O–H groups in total. The number of nitrogens with zero attached hydrogens (tertiary/aromatic N) is 3. The van der Waals surface area contributed by atoms with Crippen LogP contribution in [0.15, 0.2) is 18.6 Å². The van der Waals surface area contributed by atoms with Gasteiger partial charge in [-0.05, 0) is 0 Å². The summed E-state index contributed by atoms with van der Waals surface area (Å²) in [6.07, 6.45) is 4.90. The van der Waals surface area contributed by atoms with Crippen molar-refractivity contribution < 1.29 is 4.74 Å². The van der Waals surface area contributed by atoms with Gasteiger partial charge in [0.15, 0.2) is 5.75 Å². The highest BCUT2D eigenvalue weighted by molar-refractivity contribution is 5.43. The third-order valence-corrected chi connectivity index (χ3v) is 1.61. The van der Waals surface area contributed by atoms with Crippen molar-refractivity contribution in [2.45, 2.75) is 0 Å². The van der Waals surface area contributed by atoms with E-state index in [1.165, 1.54) is 0 Å². The van der Waals surface area contributed by atoms with Crippen LogP contribution < -0.4 is 10.5 Å². The smallest absolute Gasteiger partial charge is 0.235 e. The molecule has 0 amide bonds. The largest absolute Gasteiger partial charge is 0.494 e. The molecule has 0 saturated heterocycles. The number of aromatic nitrogens is 3. The summed E-state index contributed by atoms with van der Waals surface area (Å²) in [6, 6.07) is 0. The average Bonchev–Trinajstić information content (AvgIpc) is 2.47. The molecule has 0 aromatic carbocycles.